The van der Waals surface area contributed by atoms with Gasteiger partial charge < -0.3 is 14.9 Å². The van der Waals surface area contributed by atoms with Gasteiger partial charge in [-0.1, -0.05) is 19.8 Å². The van der Waals surface area contributed by atoms with Crippen molar-refractivity contribution in [2.75, 3.05) is 59.9 Å². The number of rotatable bonds is 8. The zero-order valence-electron chi connectivity index (χ0n) is 12.4. The Kier molecular flexibility index (Phi) is 7.82. The van der Waals surface area contributed by atoms with Gasteiger partial charge in [-0.05, 0) is 27.1 Å². The van der Waals surface area contributed by atoms with E-state index in [-0.39, 0.29) is 6.10 Å². The van der Waals surface area contributed by atoms with Gasteiger partial charge in [0.1, 0.15) is 0 Å². The van der Waals surface area contributed by atoms with E-state index in [4.69, 9.17) is 0 Å². The fourth-order valence-electron chi connectivity index (χ4n) is 2.47. The summed E-state index contributed by atoms with van der Waals surface area (Å²) in [5, 5.41) is 10.1. The Labute approximate surface area is 113 Å². The zero-order chi connectivity index (χ0) is 13.4. The second-order valence-corrected chi connectivity index (χ2v) is 5.73. The predicted molar refractivity (Wildman–Crippen MR) is 77.0 cm³/mol. The standard InChI is InChI=1S/C14H31N3O/c1-4-5-6-7-16(3)12-14(18)13-17-10-8-15(2)9-11-17/h14,18H,4-13H2,1-3H3. The molecular weight excluding hydrogens is 226 g/mol. The van der Waals surface area contributed by atoms with Gasteiger partial charge in [-0.2, -0.15) is 0 Å². The van der Waals surface area contributed by atoms with Gasteiger partial charge >= 0.3 is 0 Å². The van der Waals surface area contributed by atoms with Gasteiger partial charge in [-0.3, -0.25) is 4.90 Å². The van der Waals surface area contributed by atoms with Crippen molar-refractivity contribution in [3.63, 3.8) is 0 Å². The maximum Gasteiger partial charge on any atom is 0.0793 e. The summed E-state index contributed by atoms with van der Waals surface area (Å²) >= 11 is 0. The number of hydrogen-bond donors (Lipinski definition) is 1. The average Bonchev–Trinajstić information content (AvgIpc) is 2.32. The highest BCUT2D eigenvalue weighted by molar-refractivity contribution is 4.73. The van der Waals surface area contributed by atoms with Crippen LogP contribution in [-0.2, 0) is 0 Å². The minimum atomic E-state index is -0.208. The highest BCUT2D eigenvalue weighted by atomic mass is 16.3. The van der Waals surface area contributed by atoms with Crippen molar-refractivity contribution in [3.8, 4) is 0 Å². The molecule has 0 spiro atoms. The highest BCUT2D eigenvalue weighted by Crippen LogP contribution is 2.02. The molecule has 0 aliphatic carbocycles. The number of likely N-dealkylation sites (N-methyl/N-ethyl adjacent to an activating group) is 2. The van der Waals surface area contributed by atoms with Crippen molar-refractivity contribution >= 4 is 0 Å². The lowest BCUT2D eigenvalue weighted by Crippen LogP contribution is -2.48. The summed E-state index contributed by atoms with van der Waals surface area (Å²) in [6.45, 7) is 9.39. The Hall–Kier alpha value is -0.160. The maximum absolute atomic E-state index is 10.1. The smallest absolute Gasteiger partial charge is 0.0793 e. The molecule has 0 saturated carbocycles. The molecule has 1 aliphatic rings. The summed E-state index contributed by atoms with van der Waals surface area (Å²) in [5.41, 5.74) is 0. The molecule has 0 aromatic carbocycles. The van der Waals surface area contributed by atoms with E-state index in [0.29, 0.717) is 0 Å². The molecule has 0 bridgehead atoms. The molecular formula is C14H31N3O. The van der Waals surface area contributed by atoms with Crippen molar-refractivity contribution < 1.29 is 5.11 Å². The molecule has 1 aliphatic heterocycles. The van der Waals surface area contributed by atoms with E-state index in [1.807, 2.05) is 0 Å². The molecule has 0 aromatic rings. The summed E-state index contributed by atoms with van der Waals surface area (Å²) in [5.74, 6) is 0. The van der Waals surface area contributed by atoms with Crippen LogP contribution in [0.3, 0.4) is 0 Å². The third-order valence-corrected chi connectivity index (χ3v) is 3.73. The molecule has 1 unspecified atom stereocenters. The topological polar surface area (TPSA) is 30.0 Å². The molecule has 0 amide bonds. The summed E-state index contributed by atoms with van der Waals surface area (Å²) in [6, 6.07) is 0. The number of aliphatic hydroxyl groups excluding tert-OH is 1. The quantitative estimate of drug-likeness (QED) is 0.649. The molecule has 0 radical (unpaired) electrons. The van der Waals surface area contributed by atoms with Crippen LogP contribution in [0, 0.1) is 0 Å². The molecule has 4 nitrogen and oxygen atoms in total. The molecule has 1 heterocycles. The van der Waals surface area contributed by atoms with Crippen molar-refractivity contribution in [1.82, 2.24) is 14.7 Å². The van der Waals surface area contributed by atoms with Crippen LogP contribution in [0.4, 0.5) is 0 Å². The third-order valence-electron chi connectivity index (χ3n) is 3.73. The van der Waals surface area contributed by atoms with E-state index in [0.717, 1.165) is 45.8 Å². The first kappa shape index (κ1) is 15.9. The lowest BCUT2D eigenvalue weighted by atomic mass is 10.2. The molecule has 1 N–H and O–H groups in total. The molecule has 18 heavy (non-hydrogen) atoms. The number of hydrogen-bond acceptors (Lipinski definition) is 4. The summed E-state index contributed by atoms with van der Waals surface area (Å²) in [7, 11) is 4.28. The largest absolute Gasteiger partial charge is 0.390 e. The summed E-state index contributed by atoms with van der Waals surface area (Å²) in [6.07, 6.45) is 3.59. The predicted octanol–water partition coefficient (Wildman–Crippen LogP) is 0.717. The van der Waals surface area contributed by atoms with Crippen LogP contribution in [0.25, 0.3) is 0 Å². The van der Waals surface area contributed by atoms with Crippen molar-refractivity contribution in [3.05, 3.63) is 0 Å². The molecule has 1 fully saturated rings. The first-order valence-corrected chi connectivity index (χ1v) is 7.39. The Morgan fingerprint density at radius 1 is 1.17 bits per heavy atom. The van der Waals surface area contributed by atoms with Crippen LogP contribution in [-0.4, -0.2) is 85.8 Å². The van der Waals surface area contributed by atoms with E-state index in [1.165, 1.54) is 19.3 Å². The van der Waals surface area contributed by atoms with Crippen LogP contribution in [0.1, 0.15) is 26.2 Å². The normalized spacial score (nSPS) is 20.5. The summed E-state index contributed by atoms with van der Waals surface area (Å²) < 4.78 is 0. The molecule has 0 aromatic heterocycles. The van der Waals surface area contributed by atoms with Gasteiger partial charge in [0, 0.05) is 39.3 Å². The molecule has 1 atom stereocenters. The van der Waals surface area contributed by atoms with Gasteiger partial charge in [0.05, 0.1) is 6.10 Å². The van der Waals surface area contributed by atoms with Gasteiger partial charge in [-0.15, -0.1) is 0 Å². The lowest BCUT2D eigenvalue weighted by molar-refractivity contribution is 0.0605. The van der Waals surface area contributed by atoms with Gasteiger partial charge in [0.25, 0.3) is 0 Å². The number of β-amino-alcohol motifs (C(OH)–C–C–N with tert-alkyl or cyclic N) is 1. The molecule has 4 heteroatoms. The average molecular weight is 257 g/mol. The van der Waals surface area contributed by atoms with E-state index in [9.17, 15) is 5.11 Å². The van der Waals surface area contributed by atoms with Gasteiger partial charge in [0.15, 0.2) is 0 Å². The first-order chi connectivity index (χ1) is 8.61. The number of piperazine rings is 1. The van der Waals surface area contributed by atoms with Gasteiger partial charge in [0.2, 0.25) is 0 Å². The maximum atomic E-state index is 10.1. The lowest BCUT2D eigenvalue weighted by Gasteiger charge is -2.34. The van der Waals surface area contributed by atoms with Crippen LogP contribution < -0.4 is 0 Å². The number of nitrogens with zero attached hydrogens (tertiary/aromatic N) is 3. The Morgan fingerprint density at radius 3 is 2.44 bits per heavy atom. The monoisotopic (exact) mass is 257 g/mol. The van der Waals surface area contributed by atoms with Crippen LogP contribution in [0.2, 0.25) is 0 Å². The fraction of sp³-hybridized carbons (Fsp3) is 1.00. The molecule has 1 rings (SSSR count). The Balaban J connectivity index is 2.10. The molecule has 108 valence electrons. The van der Waals surface area contributed by atoms with Crippen LogP contribution >= 0.6 is 0 Å². The second kappa shape index (κ2) is 8.86. The molecule has 1 saturated heterocycles. The van der Waals surface area contributed by atoms with Crippen molar-refractivity contribution in [2.45, 2.75) is 32.3 Å². The van der Waals surface area contributed by atoms with E-state index < -0.39 is 0 Å². The van der Waals surface area contributed by atoms with Crippen LogP contribution in [0.15, 0.2) is 0 Å². The van der Waals surface area contributed by atoms with Crippen LogP contribution in [0.5, 0.6) is 0 Å². The number of unbranched alkanes of at least 4 members (excludes halogenated alkanes) is 2. The van der Waals surface area contributed by atoms with E-state index in [2.05, 4.69) is 35.7 Å². The third kappa shape index (κ3) is 6.69. The van der Waals surface area contributed by atoms with E-state index in [1.54, 1.807) is 0 Å². The Bertz CT molecular complexity index is 205. The summed E-state index contributed by atoms with van der Waals surface area (Å²) in [4.78, 5) is 6.99. The van der Waals surface area contributed by atoms with Crippen molar-refractivity contribution in [2.24, 2.45) is 0 Å². The Morgan fingerprint density at radius 2 is 1.83 bits per heavy atom. The fourth-order valence-corrected chi connectivity index (χ4v) is 2.47. The van der Waals surface area contributed by atoms with E-state index >= 15 is 0 Å². The minimum Gasteiger partial charge on any atom is -0.390 e. The van der Waals surface area contributed by atoms with Crippen molar-refractivity contribution in [1.29, 1.82) is 0 Å². The minimum absolute atomic E-state index is 0.208. The zero-order valence-corrected chi connectivity index (χ0v) is 12.4. The SMILES string of the molecule is CCCCCN(C)CC(O)CN1CCN(C)CC1. The first-order valence-electron chi connectivity index (χ1n) is 7.39. The van der Waals surface area contributed by atoms with Gasteiger partial charge in [-0.25, -0.2) is 0 Å². The highest BCUT2D eigenvalue weighted by Gasteiger charge is 2.17. The number of aliphatic hydroxyl groups is 1. The second-order valence-electron chi connectivity index (χ2n) is 5.73.